The predicted octanol–water partition coefficient (Wildman–Crippen LogP) is 7.48. The number of aliphatic hydroxyl groups excluding tert-OH is 1. The first-order valence-corrected chi connectivity index (χ1v) is 30.3. The molecule has 0 saturated carbocycles. The summed E-state index contributed by atoms with van der Waals surface area (Å²) in [4.78, 5) is 30.5. The summed E-state index contributed by atoms with van der Waals surface area (Å²) in [5, 5.41) is 7.96. The van der Waals surface area contributed by atoms with Gasteiger partial charge in [0.1, 0.15) is 0 Å². The first kappa shape index (κ1) is 77.6. The van der Waals surface area contributed by atoms with Gasteiger partial charge in [-0.1, -0.05) is 243 Å². The number of nitrogens with one attached hydrogen (secondary N) is 4. The Morgan fingerprint density at radius 3 is 0.539 bits per heavy atom. The van der Waals surface area contributed by atoms with E-state index in [1.54, 1.807) is 32.2 Å². The van der Waals surface area contributed by atoms with Crippen LogP contribution in [0.5, 0.6) is 0 Å². The molecule has 0 bridgehead atoms. The molecule has 12 aromatic rings. The zero-order valence-electron chi connectivity index (χ0n) is 47.1. The maximum absolute atomic E-state index is 8.49. The summed E-state index contributed by atoms with van der Waals surface area (Å²) in [6.07, 6.45) is 6.96. The fourth-order valence-corrected chi connectivity index (χ4v) is 7.74. The summed E-state index contributed by atoms with van der Waals surface area (Å²) < 4.78 is 67.9. The summed E-state index contributed by atoms with van der Waals surface area (Å²) in [7, 11) is -9.89. The number of imidazole rings is 4. The van der Waals surface area contributed by atoms with Crippen LogP contribution in [0.25, 0.3) is 90.1 Å². The van der Waals surface area contributed by atoms with E-state index >= 15 is 0 Å². The minimum Gasteiger partial charge on any atom is -0.412 e. The minimum atomic E-state index is -4.94. The van der Waals surface area contributed by atoms with Crippen LogP contribution in [-0.2, 0) is 17.1 Å². The molecule has 25 heteroatoms. The average Bonchev–Trinajstić information content (AvgIpc) is 4.52. The number of halogens is 6. The number of nitrogens with zero attached hydrogens (tertiary/aromatic N) is 4. The maximum atomic E-state index is 8.49. The van der Waals surface area contributed by atoms with Gasteiger partial charge in [0, 0.05) is 51.1 Å². The van der Waals surface area contributed by atoms with Gasteiger partial charge >= 0.3 is 17.1 Å². The Kier molecular flexibility index (Phi) is 38.3. The molecule has 1 radical (unpaired) electrons. The van der Waals surface area contributed by atoms with Crippen molar-refractivity contribution in [1.29, 1.82) is 0 Å². The normalized spacial score (nSPS) is 9.87. The van der Waals surface area contributed by atoms with Crippen LogP contribution in [0.4, 0.5) is 0 Å². The van der Waals surface area contributed by atoms with Crippen molar-refractivity contribution < 1.29 is 85.4 Å². The van der Waals surface area contributed by atoms with E-state index in [0.717, 1.165) is 90.1 Å². The zero-order valence-corrected chi connectivity index (χ0v) is 52.6. The van der Waals surface area contributed by atoms with Crippen LogP contribution >= 0.6 is 46.4 Å². The third-order valence-corrected chi connectivity index (χ3v) is 11.0. The van der Waals surface area contributed by atoms with Gasteiger partial charge in [-0.2, -0.15) is 0 Å². The fourth-order valence-electron chi connectivity index (χ4n) is 7.74. The molecule has 0 amide bonds. The topological polar surface area (TPSA) is 351 Å². The molecule has 18 nitrogen and oxygen atoms in total. The van der Waals surface area contributed by atoms with Crippen molar-refractivity contribution in [3.05, 3.63) is 268 Å². The van der Waals surface area contributed by atoms with E-state index in [2.05, 4.69) is 137 Å². The van der Waals surface area contributed by atoms with Crippen LogP contribution in [0, 0.1) is 20.5 Å². The second-order valence-corrected chi connectivity index (χ2v) is 19.8. The zero-order chi connectivity index (χ0) is 63.1. The summed E-state index contributed by atoms with van der Waals surface area (Å²) in [6.45, 7) is 1.93. The van der Waals surface area contributed by atoms with Crippen LogP contribution in [-0.4, -0.2) is 67.7 Å². The molecule has 469 valence electrons. The number of H-pyrrole nitrogens is 4. The van der Waals surface area contributed by atoms with E-state index in [1.807, 2.05) is 146 Å². The summed E-state index contributed by atoms with van der Waals surface area (Å²) in [6, 6.07) is 81.8. The Labute approximate surface area is 550 Å². The summed E-state index contributed by atoms with van der Waals surface area (Å²) in [5.74, 6) is 0. The SMILES string of the molecule is CCO.ClCCl.ClCCl.O.[Cu+2].[O-][Cl+3]([O-])([O-])[O-].[O-][Cl+3]([O-])([O-])[O-].c1ccc(-c2nc[nH]c2-c2ccccc2)cc1.c1ccc(-c2nc[nH]c2-c2ccccc2)cc1.c1ccc(-c2nc[nH]c2-c2ccccc2)cc1.c1ccc(-c2nc[nH]c2-c2ccccc2)cc1. The van der Waals surface area contributed by atoms with Gasteiger partial charge in [0.25, 0.3) is 0 Å². The van der Waals surface area contributed by atoms with Crippen LogP contribution in [0.2, 0.25) is 0 Å². The predicted molar refractivity (Wildman–Crippen MR) is 327 cm³/mol. The van der Waals surface area contributed by atoms with Crippen molar-refractivity contribution in [2.45, 2.75) is 6.92 Å². The maximum Gasteiger partial charge on any atom is 2.00 e. The largest absolute Gasteiger partial charge is 2.00 e. The van der Waals surface area contributed by atoms with Gasteiger partial charge in [0.15, 0.2) is 0 Å². The van der Waals surface area contributed by atoms with E-state index < -0.39 is 20.5 Å². The molecule has 4 aromatic heterocycles. The number of benzene rings is 8. The Balaban J connectivity index is 0.000000366. The number of hydrogen-bond donors (Lipinski definition) is 5. The molecule has 0 aliphatic heterocycles. The monoisotopic (exact) mass is 1370 g/mol. The second kappa shape index (κ2) is 44.0. The standard InChI is InChI=1S/4C15H12N2.C2H6O.2CH2Cl2.2ClHO4.Cu.H2O/c4*1-3-7-12(8-4-1)14-15(17-11-16-14)13-9-5-2-6-10-13;1-2-3;2*2-1-3;2*2-1(3,4)5;;/h4*1-11H,(H,16,17);3H,2H2,1H3;2*1H2;2*(H,2,3,4,5);;1H2/q;;;;;;;;;+2;/p-2. The number of rotatable bonds is 8. The van der Waals surface area contributed by atoms with Crippen molar-refractivity contribution in [3.63, 3.8) is 0 Å². The molecule has 0 atom stereocenters. The van der Waals surface area contributed by atoms with E-state index in [4.69, 9.17) is 88.8 Å². The van der Waals surface area contributed by atoms with Gasteiger partial charge in [-0.15, -0.1) is 66.9 Å². The number of aromatic nitrogens is 8. The third kappa shape index (κ3) is 30.0. The number of alkyl halides is 4. The molecule has 4 heterocycles. The van der Waals surface area contributed by atoms with E-state index in [-0.39, 0.29) is 39.8 Å². The molecule has 12 rings (SSSR count). The second-order valence-electron chi connectivity index (χ2n) is 16.7. The van der Waals surface area contributed by atoms with E-state index in [9.17, 15) is 0 Å². The first-order valence-electron chi connectivity index (χ1n) is 25.7. The Hall–Kier alpha value is -7.54. The molecular weight excluding hydrogens is 1320 g/mol. The molecular formula is C64H60Cl6CuN8O10. The quantitative estimate of drug-likeness (QED) is 0.0728. The Bertz CT molecular complexity index is 2940. The van der Waals surface area contributed by atoms with Crippen molar-refractivity contribution >= 4 is 46.4 Å². The molecule has 0 aliphatic rings. The van der Waals surface area contributed by atoms with Crippen LogP contribution in [0.1, 0.15) is 6.92 Å². The van der Waals surface area contributed by atoms with E-state index in [0.29, 0.717) is 0 Å². The third-order valence-electron chi connectivity index (χ3n) is 11.0. The molecule has 0 spiro atoms. The van der Waals surface area contributed by atoms with Crippen molar-refractivity contribution in [2.24, 2.45) is 0 Å². The van der Waals surface area contributed by atoms with Crippen molar-refractivity contribution in [3.8, 4) is 90.1 Å². The van der Waals surface area contributed by atoms with Gasteiger partial charge in [-0.3, -0.25) is 0 Å². The number of aromatic amines is 4. The van der Waals surface area contributed by atoms with Crippen molar-refractivity contribution in [1.82, 2.24) is 39.9 Å². The van der Waals surface area contributed by atoms with Gasteiger partial charge < -0.3 is 30.5 Å². The Morgan fingerprint density at radius 2 is 0.416 bits per heavy atom. The molecule has 7 N–H and O–H groups in total. The molecule has 89 heavy (non-hydrogen) atoms. The molecule has 0 fully saturated rings. The van der Waals surface area contributed by atoms with Crippen LogP contribution in [0.15, 0.2) is 268 Å². The minimum absolute atomic E-state index is 0. The summed E-state index contributed by atoms with van der Waals surface area (Å²) in [5.41, 5.74) is 17.4. The van der Waals surface area contributed by atoms with Gasteiger partial charge in [0.2, 0.25) is 0 Å². The fraction of sp³-hybridized carbons (Fsp3) is 0.0625. The molecule has 0 aliphatic carbocycles. The molecule has 0 unspecified atom stereocenters. The number of aliphatic hydroxyl groups is 1. The summed E-state index contributed by atoms with van der Waals surface area (Å²) >= 11 is 19.1. The molecule has 8 aromatic carbocycles. The van der Waals surface area contributed by atoms with Crippen LogP contribution in [0.3, 0.4) is 0 Å². The van der Waals surface area contributed by atoms with E-state index in [1.165, 1.54) is 0 Å². The van der Waals surface area contributed by atoms with Gasteiger partial charge in [-0.05, 0) is 6.92 Å². The first-order chi connectivity index (χ1) is 42.0. The van der Waals surface area contributed by atoms with Crippen molar-refractivity contribution in [2.75, 3.05) is 17.3 Å². The smallest absolute Gasteiger partial charge is 0.412 e. The average molecular weight is 1380 g/mol. The van der Waals surface area contributed by atoms with Gasteiger partial charge in [-0.25, -0.2) is 57.2 Å². The Morgan fingerprint density at radius 1 is 0.303 bits per heavy atom. The number of hydrogen-bond acceptors (Lipinski definition) is 13. The van der Waals surface area contributed by atoms with Crippen LogP contribution < -0.4 is 37.3 Å². The van der Waals surface area contributed by atoms with Gasteiger partial charge in [0.05, 0.1) is 81.5 Å². The molecule has 0 saturated heterocycles.